The standard InChI is InChI=1S/C15H21ClN2O.ClH/c1-10-4-5-11(12(16)8-10)14(19)18-7-6-13(17)15(2,3)9-18;/h4-5,8,13H,6-7,9,17H2,1-3H3;1H. The number of hydrogen-bond donors (Lipinski definition) is 1. The highest BCUT2D eigenvalue weighted by atomic mass is 35.5. The highest BCUT2D eigenvalue weighted by Gasteiger charge is 2.35. The van der Waals surface area contributed by atoms with Crippen LogP contribution in [0.5, 0.6) is 0 Å². The first-order chi connectivity index (χ1) is 8.81. The van der Waals surface area contributed by atoms with Crippen LogP contribution >= 0.6 is 24.0 Å². The molecule has 2 rings (SSSR count). The number of carbonyl (C=O) groups is 1. The summed E-state index contributed by atoms with van der Waals surface area (Å²) in [6, 6.07) is 5.70. The molecule has 0 aromatic heterocycles. The minimum Gasteiger partial charge on any atom is -0.338 e. The summed E-state index contributed by atoms with van der Waals surface area (Å²) in [4.78, 5) is 14.4. The molecule has 1 heterocycles. The fourth-order valence-corrected chi connectivity index (χ4v) is 2.83. The second-order valence-corrected chi connectivity index (χ2v) is 6.50. The van der Waals surface area contributed by atoms with Gasteiger partial charge in [-0.3, -0.25) is 4.79 Å². The maximum atomic E-state index is 12.5. The van der Waals surface area contributed by atoms with Crippen molar-refractivity contribution in [3.63, 3.8) is 0 Å². The highest BCUT2D eigenvalue weighted by molar-refractivity contribution is 6.33. The first kappa shape index (κ1) is 17.3. The molecule has 20 heavy (non-hydrogen) atoms. The average molecular weight is 317 g/mol. The molecule has 1 fully saturated rings. The molecule has 1 saturated heterocycles. The zero-order valence-corrected chi connectivity index (χ0v) is 13.7. The van der Waals surface area contributed by atoms with Crippen molar-refractivity contribution in [2.75, 3.05) is 13.1 Å². The van der Waals surface area contributed by atoms with Crippen molar-refractivity contribution >= 4 is 29.9 Å². The average Bonchev–Trinajstić information content (AvgIpc) is 2.32. The van der Waals surface area contributed by atoms with Gasteiger partial charge in [-0.2, -0.15) is 0 Å². The van der Waals surface area contributed by atoms with E-state index in [1.54, 1.807) is 0 Å². The van der Waals surface area contributed by atoms with Gasteiger partial charge in [-0.1, -0.05) is 31.5 Å². The van der Waals surface area contributed by atoms with Gasteiger partial charge in [-0.05, 0) is 36.5 Å². The first-order valence-corrected chi connectivity index (χ1v) is 7.00. The van der Waals surface area contributed by atoms with Gasteiger partial charge in [0.25, 0.3) is 5.91 Å². The van der Waals surface area contributed by atoms with Gasteiger partial charge in [-0.15, -0.1) is 12.4 Å². The molecule has 1 aromatic rings. The molecule has 1 aromatic carbocycles. The molecule has 0 radical (unpaired) electrons. The van der Waals surface area contributed by atoms with Crippen molar-refractivity contribution in [3.8, 4) is 0 Å². The summed E-state index contributed by atoms with van der Waals surface area (Å²) in [5.41, 5.74) is 7.69. The van der Waals surface area contributed by atoms with Gasteiger partial charge < -0.3 is 10.6 Å². The molecule has 0 saturated carbocycles. The van der Waals surface area contributed by atoms with E-state index in [2.05, 4.69) is 13.8 Å². The van der Waals surface area contributed by atoms with Crippen molar-refractivity contribution < 1.29 is 4.79 Å². The zero-order chi connectivity index (χ0) is 14.2. The third kappa shape index (κ3) is 3.46. The lowest BCUT2D eigenvalue weighted by atomic mass is 9.79. The Bertz CT molecular complexity index is 503. The Labute approximate surface area is 131 Å². The molecule has 5 heteroatoms. The molecule has 1 atom stereocenters. The van der Waals surface area contributed by atoms with Gasteiger partial charge in [0.05, 0.1) is 10.6 Å². The number of nitrogens with two attached hydrogens (primary N) is 1. The highest BCUT2D eigenvalue weighted by Crippen LogP contribution is 2.29. The summed E-state index contributed by atoms with van der Waals surface area (Å²) in [6.45, 7) is 7.55. The van der Waals surface area contributed by atoms with Crippen LogP contribution in [0.15, 0.2) is 18.2 Å². The largest absolute Gasteiger partial charge is 0.338 e. The molecule has 0 aliphatic carbocycles. The third-order valence-electron chi connectivity index (χ3n) is 3.95. The molecule has 1 amide bonds. The molecule has 1 unspecified atom stereocenters. The Hall–Kier alpha value is -0.770. The van der Waals surface area contributed by atoms with Gasteiger partial charge in [0, 0.05) is 19.1 Å². The second kappa shape index (κ2) is 6.33. The Kier molecular flexibility index (Phi) is 5.47. The van der Waals surface area contributed by atoms with E-state index in [1.807, 2.05) is 30.0 Å². The maximum absolute atomic E-state index is 12.5. The van der Waals surface area contributed by atoms with Gasteiger partial charge in [0.15, 0.2) is 0 Å². The lowest BCUT2D eigenvalue weighted by molar-refractivity contribution is 0.0533. The lowest BCUT2D eigenvalue weighted by Crippen LogP contribution is -2.54. The molecule has 112 valence electrons. The Morgan fingerprint density at radius 1 is 1.45 bits per heavy atom. The summed E-state index contributed by atoms with van der Waals surface area (Å²) in [5.74, 6) is 0.00461. The van der Waals surface area contributed by atoms with Crippen molar-refractivity contribution in [2.24, 2.45) is 11.1 Å². The number of carbonyl (C=O) groups excluding carboxylic acids is 1. The van der Waals surface area contributed by atoms with E-state index in [0.717, 1.165) is 12.0 Å². The van der Waals surface area contributed by atoms with E-state index in [1.165, 1.54) is 0 Å². The quantitative estimate of drug-likeness (QED) is 0.864. The number of hydrogen-bond acceptors (Lipinski definition) is 2. The Balaban J connectivity index is 0.00000200. The van der Waals surface area contributed by atoms with E-state index in [4.69, 9.17) is 17.3 Å². The van der Waals surface area contributed by atoms with Gasteiger partial charge in [0.1, 0.15) is 0 Å². The molecule has 2 N–H and O–H groups in total. The van der Waals surface area contributed by atoms with Crippen LogP contribution in [-0.2, 0) is 0 Å². The van der Waals surface area contributed by atoms with E-state index in [-0.39, 0.29) is 29.8 Å². The lowest BCUT2D eigenvalue weighted by Gasteiger charge is -2.42. The number of likely N-dealkylation sites (tertiary alicyclic amines) is 1. The SMILES string of the molecule is Cc1ccc(C(=O)N2CCC(N)C(C)(C)C2)c(Cl)c1.Cl. The molecular weight excluding hydrogens is 295 g/mol. The van der Waals surface area contributed by atoms with Crippen LogP contribution in [0.2, 0.25) is 5.02 Å². The monoisotopic (exact) mass is 316 g/mol. The van der Waals surface area contributed by atoms with Crippen LogP contribution in [0.4, 0.5) is 0 Å². The van der Waals surface area contributed by atoms with Crippen LogP contribution in [0.25, 0.3) is 0 Å². The van der Waals surface area contributed by atoms with Crippen LogP contribution < -0.4 is 5.73 Å². The Morgan fingerprint density at radius 3 is 2.65 bits per heavy atom. The van der Waals surface area contributed by atoms with Gasteiger partial charge >= 0.3 is 0 Å². The second-order valence-electron chi connectivity index (χ2n) is 6.09. The molecule has 1 aliphatic rings. The van der Waals surface area contributed by atoms with Crippen LogP contribution in [0, 0.1) is 12.3 Å². The molecule has 3 nitrogen and oxygen atoms in total. The van der Waals surface area contributed by atoms with Gasteiger partial charge in [0.2, 0.25) is 0 Å². The molecular formula is C15H22Cl2N2O. The smallest absolute Gasteiger partial charge is 0.255 e. The summed E-state index contributed by atoms with van der Waals surface area (Å²) in [6.07, 6.45) is 0.836. The number of aryl methyl sites for hydroxylation is 1. The predicted molar refractivity (Wildman–Crippen MR) is 85.7 cm³/mol. The van der Waals surface area contributed by atoms with Crippen LogP contribution in [-0.4, -0.2) is 29.9 Å². The first-order valence-electron chi connectivity index (χ1n) is 6.62. The van der Waals surface area contributed by atoms with Crippen molar-refractivity contribution in [1.82, 2.24) is 4.90 Å². The molecule has 0 spiro atoms. The number of rotatable bonds is 1. The number of halogens is 2. The van der Waals surface area contributed by atoms with E-state index in [0.29, 0.717) is 23.7 Å². The topological polar surface area (TPSA) is 46.3 Å². The minimum atomic E-state index is -0.0505. The number of amides is 1. The Morgan fingerprint density at radius 2 is 2.10 bits per heavy atom. The predicted octanol–water partition coefficient (Wildman–Crippen LogP) is 3.27. The van der Waals surface area contributed by atoms with Crippen LogP contribution in [0.3, 0.4) is 0 Å². The third-order valence-corrected chi connectivity index (χ3v) is 4.27. The molecule has 0 bridgehead atoms. The normalized spacial score (nSPS) is 21.2. The number of piperidine rings is 1. The van der Waals surface area contributed by atoms with Gasteiger partial charge in [-0.25, -0.2) is 0 Å². The fourth-order valence-electron chi connectivity index (χ4n) is 2.51. The van der Waals surface area contributed by atoms with E-state index >= 15 is 0 Å². The van der Waals surface area contributed by atoms with E-state index < -0.39 is 0 Å². The maximum Gasteiger partial charge on any atom is 0.255 e. The molecule has 1 aliphatic heterocycles. The van der Waals surface area contributed by atoms with Crippen molar-refractivity contribution in [1.29, 1.82) is 0 Å². The summed E-state index contributed by atoms with van der Waals surface area (Å²) < 4.78 is 0. The van der Waals surface area contributed by atoms with E-state index in [9.17, 15) is 4.79 Å². The summed E-state index contributed by atoms with van der Waals surface area (Å²) in [7, 11) is 0. The number of nitrogens with zero attached hydrogens (tertiary/aromatic N) is 1. The van der Waals surface area contributed by atoms with Crippen LogP contribution in [0.1, 0.15) is 36.2 Å². The van der Waals surface area contributed by atoms with Crippen molar-refractivity contribution in [2.45, 2.75) is 33.2 Å². The fraction of sp³-hybridized carbons (Fsp3) is 0.533. The van der Waals surface area contributed by atoms with Crippen molar-refractivity contribution in [3.05, 3.63) is 34.3 Å². The zero-order valence-electron chi connectivity index (χ0n) is 12.1. The number of benzene rings is 1. The minimum absolute atomic E-state index is 0. The summed E-state index contributed by atoms with van der Waals surface area (Å²) in [5, 5.41) is 0.526. The summed E-state index contributed by atoms with van der Waals surface area (Å²) >= 11 is 6.17.